The summed E-state index contributed by atoms with van der Waals surface area (Å²) in [6.07, 6.45) is 6.29. The van der Waals surface area contributed by atoms with Gasteiger partial charge in [0, 0.05) is 6.92 Å². The third kappa shape index (κ3) is 3.60. The van der Waals surface area contributed by atoms with Crippen molar-refractivity contribution in [2.24, 2.45) is 11.3 Å². The van der Waals surface area contributed by atoms with E-state index in [9.17, 15) is 4.79 Å². The van der Waals surface area contributed by atoms with Gasteiger partial charge in [-0.15, -0.1) is 0 Å². The first-order valence-electron chi connectivity index (χ1n) is 7.22. The van der Waals surface area contributed by atoms with Gasteiger partial charge in [0.05, 0.1) is 6.61 Å². The van der Waals surface area contributed by atoms with Crippen LogP contribution in [0, 0.1) is 11.3 Å². The average molecular weight is 252 g/mol. The van der Waals surface area contributed by atoms with Crippen LogP contribution in [0.15, 0.2) is 11.1 Å². The fourth-order valence-corrected chi connectivity index (χ4v) is 2.97. The number of allylic oxidation sites excluding steroid dienone is 2. The van der Waals surface area contributed by atoms with Gasteiger partial charge in [-0.2, -0.15) is 0 Å². The molecule has 3 rings (SSSR count). The van der Waals surface area contributed by atoms with Crippen LogP contribution in [0.2, 0.25) is 0 Å². The highest BCUT2D eigenvalue weighted by Gasteiger charge is 2.46. The maximum Gasteiger partial charge on any atom is 0.302 e. The SMILES string of the molecule is CC1=C2CC(CC1)C2(C)C.CCCCOC(C)=O. The molecule has 18 heavy (non-hydrogen) atoms. The van der Waals surface area contributed by atoms with E-state index in [0.29, 0.717) is 12.0 Å². The van der Waals surface area contributed by atoms with Crippen LogP contribution in [-0.4, -0.2) is 12.6 Å². The van der Waals surface area contributed by atoms with E-state index in [1.807, 2.05) is 0 Å². The number of fused-ring (bicyclic) bond motifs is 2. The van der Waals surface area contributed by atoms with Crippen molar-refractivity contribution in [1.82, 2.24) is 0 Å². The Morgan fingerprint density at radius 2 is 2.11 bits per heavy atom. The molecule has 0 aromatic rings. The van der Waals surface area contributed by atoms with Gasteiger partial charge in [-0.05, 0) is 43.9 Å². The van der Waals surface area contributed by atoms with Crippen LogP contribution in [0.25, 0.3) is 0 Å². The Labute approximate surface area is 112 Å². The maximum absolute atomic E-state index is 10.1. The first kappa shape index (κ1) is 15.3. The van der Waals surface area contributed by atoms with Crippen LogP contribution in [0.5, 0.6) is 0 Å². The molecular weight excluding hydrogens is 224 g/mol. The Balaban J connectivity index is 0.000000187. The van der Waals surface area contributed by atoms with Gasteiger partial charge in [-0.1, -0.05) is 38.3 Å². The molecule has 0 heterocycles. The van der Waals surface area contributed by atoms with Crippen LogP contribution in [0.4, 0.5) is 0 Å². The average Bonchev–Trinajstić information content (AvgIpc) is 2.29. The minimum absolute atomic E-state index is 0.182. The van der Waals surface area contributed by atoms with Crippen molar-refractivity contribution in [3.63, 3.8) is 0 Å². The summed E-state index contributed by atoms with van der Waals surface area (Å²) in [6, 6.07) is 0. The van der Waals surface area contributed by atoms with Crippen molar-refractivity contribution in [2.45, 2.75) is 66.7 Å². The van der Waals surface area contributed by atoms with Crippen LogP contribution < -0.4 is 0 Å². The standard InChI is InChI=1S/C10H16.C6H12O2/c1-7-4-5-8-6-9(7)10(8,2)3;1-3-4-5-8-6(2)7/h8H,4-6H2,1-3H3;3-5H2,1-2H3. The third-order valence-electron chi connectivity index (χ3n) is 4.44. The molecule has 1 atom stereocenters. The topological polar surface area (TPSA) is 26.3 Å². The van der Waals surface area contributed by atoms with Gasteiger partial charge in [-0.3, -0.25) is 4.79 Å². The summed E-state index contributed by atoms with van der Waals surface area (Å²) in [6.45, 7) is 11.2. The van der Waals surface area contributed by atoms with Crippen LogP contribution in [0.1, 0.15) is 66.7 Å². The number of ether oxygens (including phenoxy) is 1. The summed E-state index contributed by atoms with van der Waals surface area (Å²) in [5.74, 6) is 0.838. The Hall–Kier alpha value is -0.790. The third-order valence-corrected chi connectivity index (χ3v) is 4.44. The van der Waals surface area contributed by atoms with Crippen LogP contribution in [0.3, 0.4) is 0 Å². The fraction of sp³-hybridized carbons (Fsp3) is 0.812. The van der Waals surface area contributed by atoms with E-state index >= 15 is 0 Å². The lowest BCUT2D eigenvalue weighted by Gasteiger charge is -2.52. The van der Waals surface area contributed by atoms with E-state index < -0.39 is 0 Å². The highest BCUT2D eigenvalue weighted by Crippen LogP contribution is 2.58. The Kier molecular flexibility index (Phi) is 5.43. The van der Waals surface area contributed by atoms with Gasteiger partial charge in [0.25, 0.3) is 0 Å². The molecule has 1 unspecified atom stereocenters. The highest BCUT2D eigenvalue weighted by molar-refractivity contribution is 5.65. The molecular formula is C16H28O2. The van der Waals surface area contributed by atoms with Crippen LogP contribution in [-0.2, 0) is 9.53 Å². The first-order valence-corrected chi connectivity index (χ1v) is 7.22. The van der Waals surface area contributed by atoms with Gasteiger partial charge in [0.2, 0.25) is 0 Å². The minimum Gasteiger partial charge on any atom is -0.466 e. The summed E-state index contributed by atoms with van der Waals surface area (Å²) in [4.78, 5) is 10.1. The minimum atomic E-state index is -0.182. The molecule has 1 fully saturated rings. The van der Waals surface area contributed by atoms with Crippen molar-refractivity contribution in [3.8, 4) is 0 Å². The molecule has 3 aliphatic rings. The normalized spacial score (nSPS) is 23.7. The number of unbranched alkanes of at least 4 members (excludes halogenated alkanes) is 1. The number of esters is 1. The maximum atomic E-state index is 10.1. The van der Waals surface area contributed by atoms with Gasteiger partial charge in [-0.25, -0.2) is 0 Å². The monoisotopic (exact) mass is 252 g/mol. The quantitative estimate of drug-likeness (QED) is 0.420. The number of carbonyl (C=O) groups is 1. The lowest BCUT2D eigenvalue weighted by atomic mass is 9.52. The molecule has 0 saturated heterocycles. The lowest BCUT2D eigenvalue weighted by molar-refractivity contribution is -0.141. The molecule has 0 spiro atoms. The number of hydrogen-bond donors (Lipinski definition) is 0. The predicted octanol–water partition coefficient (Wildman–Crippen LogP) is 4.49. The summed E-state index contributed by atoms with van der Waals surface area (Å²) in [5.41, 5.74) is 4.04. The molecule has 2 heteroatoms. The molecule has 0 aliphatic heterocycles. The fourth-order valence-electron chi connectivity index (χ4n) is 2.97. The van der Waals surface area contributed by atoms with E-state index in [4.69, 9.17) is 0 Å². The van der Waals surface area contributed by atoms with Crippen molar-refractivity contribution >= 4 is 5.97 Å². The highest BCUT2D eigenvalue weighted by atomic mass is 16.5. The number of hydrogen-bond acceptors (Lipinski definition) is 2. The Morgan fingerprint density at radius 3 is 2.44 bits per heavy atom. The molecule has 0 N–H and O–H groups in total. The predicted molar refractivity (Wildman–Crippen MR) is 75.4 cm³/mol. The second-order valence-electron chi connectivity index (χ2n) is 6.11. The van der Waals surface area contributed by atoms with E-state index in [2.05, 4.69) is 32.4 Å². The molecule has 2 nitrogen and oxygen atoms in total. The van der Waals surface area contributed by atoms with Crippen molar-refractivity contribution in [1.29, 1.82) is 0 Å². The van der Waals surface area contributed by atoms with E-state index in [0.717, 1.165) is 18.8 Å². The molecule has 0 aromatic carbocycles. The molecule has 0 aromatic heterocycles. The summed E-state index contributed by atoms with van der Waals surface area (Å²) >= 11 is 0. The van der Waals surface area contributed by atoms with E-state index in [1.54, 1.807) is 11.1 Å². The zero-order chi connectivity index (χ0) is 13.8. The van der Waals surface area contributed by atoms with Gasteiger partial charge in [0.1, 0.15) is 0 Å². The molecule has 0 amide bonds. The molecule has 0 radical (unpaired) electrons. The first-order chi connectivity index (χ1) is 8.39. The summed E-state index contributed by atoms with van der Waals surface area (Å²) in [7, 11) is 0. The zero-order valence-electron chi connectivity index (χ0n) is 12.6. The van der Waals surface area contributed by atoms with Gasteiger partial charge < -0.3 is 4.74 Å². The van der Waals surface area contributed by atoms with E-state index in [-0.39, 0.29) is 5.97 Å². The van der Waals surface area contributed by atoms with Gasteiger partial charge in [0.15, 0.2) is 0 Å². The molecule has 1 saturated carbocycles. The zero-order valence-corrected chi connectivity index (χ0v) is 12.6. The smallest absolute Gasteiger partial charge is 0.302 e. The molecule has 3 aliphatic carbocycles. The summed E-state index contributed by atoms with van der Waals surface area (Å²) < 4.78 is 4.64. The Bertz CT molecular complexity index is 326. The summed E-state index contributed by atoms with van der Waals surface area (Å²) in [5, 5.41) is 0. The van der Waals surface area contributed by atoms with Gasteiger partial charge >= 0.3 is 5.97 Å². The number of carbonyl (C=O) groups excluding carboxylic acids is 1. The lowest BCUT2D eigenvalue weighted by Crippen LogP contribution is -2.41. The number of rotatable bonds is 3. The molecule has 2 bridgehead atoms. The molecule has 104 valence electrons. The van der Waals surface area contributed by atoms with Crippen molar-refractivity contribution in [2.75, 3.05) is 6.61 Å². The second-order valence-corrected chi connectivity index (χ2v) is 6.11. The Morgan fingerprint density at radius 1 is 1.44 bits per heavy atom. The van der Waals surface area contributed by atoms with Crippen molar-refractivity contribution < 1.29 is 9.53 Å². The van der Waals surface area contributed by atoms with Crippen LogP contribution >= 0.6 is 0 Å². The van der Waals surface area contributed by atoms with E-state index in [1.165, 1.54) is 26.2 Å². The second kappa shape index (κ2) is 6.40. The van der Waals surface area contributed by atoms with Crippen molar-refractivity contribution in [3.05, 3.63) is 11.1 Å². The largest absolute Gasteiger partial charge is 0.466 e.